The fraction of sp³-hybridized carbons (Fsp3) is 0.533. The zero-order valence-corrected chi connectivity index (χ0v) is 12.6. The standard InChI is InChI=1S/C15H19N3O4/c1-16-5-9-3-8(4-12(17-9)15(20)21-2)14(19)18-13-10-6-22-7-11(10)13/h3-4,10-11,13,16H,5-7H2,1-2H3,(H,18,19)/t10-,11+,13+. The molecule has 1 aliphatic heterocycles. The predicted octanol–water partition coefficient (Wildman–Crippen LogP) is -0.0378. The van der Waals surface area contributed by atoms with Gasteiger partial charge in [-0.15, -0.1) is 0 Å². The number of methoxy groups -OCH3 is 1. The van der Waals surface area contributed by atoms with Crippen molar-refractivity contribution in [2.75, 3.05) is 27.4 Å². The molecule has 7 heteroatoms. The summed E-state index contributed by atoms with van der Waals surface area (Å²) < 4.78 is 10.00. The molecule has 0 spiro atoms. The third-order valence-electron chi connectivity index (χ3n) is 4.14. The average Bonchev–Trinajstić information content (AvgIpc) is 2.96. The molecular formula is C15H19N3O4. The van der Waals surface area contributed by atoms with E-state index in [1.807, 2.05) is 0 Å². The molecule has 0 bridgehead atoms. The van der Waals surface area contributed by atoms with E-state index in [1.165, 1.54) is 13.2 Å². The molecule has 2 N–H and O–H groups in total. The largest absolute Gasteiger partial charge is 0.464 e. The van der Waals surface area contributed by atoms with Crippen molar-refractivity contribution >= 4 is 11.9 Å². The molecular weight excluding hydrogens is 286 g/mol. The maximum atomic E-state index is 12.4. The number of hydrogen-bond donors (Lipinski definition) is 2. The minimum atomic E-state index is -0.552. The van der Waals surface area contributed by atoms with Gasteiger partial charge < -0.3 is 20.1 Å². The first-order chi connectivity index (χ1) is 10.6. The van der Waals surface area contributed by atoms with E-state index in [0.717, 1.165) is 0 Å². The maximum absolute atomic E-state index is 12.4. The van der Waals surface area contributed by atoms with Crippen LogP contribution in [0.15, 0.2) is 12.1 Å². The number of rotatable bonds is 5. The molecule has 1 aromatic heterocycles. The number of pyridine rings is 1. The Labute approximate surface area is 128 Å². The Kier molecular flexibility index (Phi) is 4.08. The SMILES string of the molecule is CNCc1cc(C(=O)N[C@H]2[C@@H]3COC[C@@H]32)cc(C(=O)OC)n1. The van der Waals surface area contributed by atoms with E-state index in [1.54, 1.807) is 13.1 Å². The molecule has 1 saturated heterocycles. The first-order valence-corrected chi connectivity index (χ1v) is 7.26. The third-order valence-corrected chi connectivity index (χ3v) is 4.14. The Morgan fingerprint density at radius 1 is 1.36 bits per heavy atom. The number of fused-ring (bicyclic) bond motifs is 1. The molecule has 2 heterocycles. The smallest absolute Gasteiger partial charge is 0.356 e. The van der Waals surface area contributed by atoms with Gasteiger partial charge >= 0.3 is 5.97 Å². The van der Waals surface area contributed by atoms with Crippen molar-refractivity contribution in [1.29, 1.82) is 0 Å². The summed E-state index contributed by atoms with van der Waals surface area (Å²) in [7, 11) is 3.07. The molecule has 0 radical (unpaired) electrons. The van der Waals surface area contributed by atoms with Crippen LogP contribution in [0.5, 0.6) is 0 Å². The van der Waals surface area contributed by atoms with Gasteiger partial charge in [-0.25, -0.2) is 9.78 Å². The fourth-order valence-electron chi connectivity index (χ4n) is 2.89. The van der Waals surface area contributed by atoms with Gasteiger partial charge in [-0.2, -0.15) is 0 Å². The van der Waals surface area contributed by atoms with Crippen LogP contribution in [-0.2, 0) is 16.0 Å². The molecule has 7 nitrogen and oxygen atoms in total. The Morgan fingerprint density at radius 3 is 2.73 bits per heavy atom. The second-order valence-corrected chi connectivity index (χ2v) is 5.62. The van der Waals surface area contributed by atoms with E-state index in [-0.39, 0.29) is 17.6 Å². The lowest BCUT2D eigenvalue weighted by atomic mass is 10.1. The van der Waals surface area contributed by atoms with Crippen LogP contribution in [0.2, 0.25) is 0 Å². The van der Waals surface area contributed by atoms with E-state index in [4.69, 9.17) is 4.74 Å². The van der Waals surface area contributed by atoms with Gasteiger partial charge in [0.2, 0.25) is 0 Å². The van der Waals surface area contributed by atoms with Crippen molar-refractivity contribution in [1.82, 2.24) is 15.6 Å². The van der Waals surface area contributed by atoms with Gasteiger partial charge in [-0.3, -0.25) is 4.79 Å². The van der Waals surface area contributed by atoms with Crippen LogP contribution >= 0.6 is 0 Å². The van der Waals surface area contributed by atoms with Gasteiger partial charge in [-0.1, -0.05) is 0 Å². The van der Waals surface area contributed by atoms with Crippen LogP contribution in [0.4, 0.5) is 0 Å². The molecule has 2 aliphatic rings. The lowest BCUT2D eigenvalue weighted by molar-refractivity contribution is 0.0593. The Morgan fingerprint density at radius 2 is 2.09 bits per heavy atom. The van der Waals surface area contributed by atoms with E-state index < -0.39 is 5.97 Å². The number of nitrogens with zero attached hydrogens (tertiary/aromatic N) is 1. The number of amides is 1. The first-order valence-electron chi connectivity index (χ1n) is 7.26. The Hall–Kier alpha value is -1.99. The van der Waals surface area contributed by atoms with Crippen LogP contribution in [0, 0.1) is 11.8 Å². The lowest BCUT2D eigenvalue weighted by Crippen LogP contribution is -2.30. The van der Waals surface area contributed by atoms with Crippen molar-refractivity contribution < 1.29 is 19.1 Å². The van der Waals surface area contributed by atoms with E-state index in [9.17, 15) is 9.59 Å². The minimum absolute atomic E-state index is 0.139. The summed E-state index contributed by atoms with van der Waals surface area (Å²) in [4.78, 5) is 28.3. The van der Waals surface area contributed by atoms with Crippen LogP contribution < -0.4 is 10.6 Å². The van der Waals surface area contributed by atoms with Gasteiger partial charge in [0, 0.05) is 30.0 Å². The highest BCUT2D eigenvalue weighted by Crippen LogP contribution is 2.44. The van der Waals surface area contributed by atoms with Crippen molar-refractivity contribution in [3.63, 3.8) is 0 Å². The number of carbonyl (C=O) groups excluding carboxylic acids is 2. The summed E-state index contributed by atoms with van der Waals surface area (Å²) in [5.41, 5.74) is 1.18. The summed E-state index contributed by atoms with van der Waals surface area (Å²) in [5.74, 6) is 0.123. The predicted molar refractivity (Wildman–Crippen MR) is 77.4 cm³/mol. The van der Waals surface area contributed by atoms with Crippen LogP contribution in [0.1, 0.15) is 26.5 Å². The van der Waals surface area contributed by atoms with E-state index in [0.29, 0.717) is 42.9 Å². The van der Waals surface area contributed by atoms with Crippen LogP contribution in [0.3, 0.4) is 0 Å². The zero-order valence-electron chi connectivity index (χ0n) is 12.6. The molecule has 3 rings (SSSR count). The monoisotopic (exact) mass is 305 g/mol. The molecule has 3 atom stereocenters. The van der Waals surface area contributed by atoms with E-state index >= 15 is 0 Å². The van der Waals surface area contributed by atoms with Gasteiger partial charge in [0.15, 0.2) is 0 Å². The second kappa shape index (κ2) is 6.02. The summed E-state index contributed by atoms with van der Waals surface area (Å²) in [5, 5.41) is 5.96. The number of nitrogens with one attached hydrogen (secondary N) is 2. The third kappa shape index (κ3) is 2.82. The Bertz CT molecular complexity index is 594. The van der Waals surface area contributed by atoms with Crippen LogP contribution in [-0.4, -0.2) is 50.3 Å². The first kappa shape index (κ1) is 14.9. The average molecular weight is 305 g/mol. The fourth-order valence-corrected chi connectivity index (χ4v) is 2.89. The number of ether oxygens (including phenoxy) is 2. The molecule has 1 aliphatic carbocycles. The summed E-state index contributed by atoms with van der Waals surface area (Å²) in [6.45, 7) is 1.89. The molecule has 0 unspecified atom stereocenters. The number of esters is 1. The molecule has 0 aromatic carbocycles. The quantitative estimate of drug-likeness (QED) is 0.742. The van der Waals surface area contributed by atoms with Crippen LogP contribution in [0.25, 0.3) is 0 Å². The van der Waals surface area contributed by atoms with E-state index in [2.05, 4.69) is 20.4 Å². The highest BCUT2D eigenvalue weighted by Gasteiger charge is 2.54. The zero-order chi connectivity index (χ0) is 15.7. The number of carbonyl (C=O) groups is 2. The molecule has 1 aromatic rings. The van der Waals surface area contributed by atoms with Crippen molar-refractivity contribution in [2.24, 2.45) is 11.8 Å². The van der Waals surface area contributed by atoms with Crippen molar-refractivity contribution in [3.05, 3.63) is 29.1 Å². The number of hydrogen-bond acceptors (Lipinski definition) is 6. The second-order valence-electron chi connectivity index (χ2n) is 5.62. The summed E-state index contributed by atoms with van der Waals surface area (Å²) in [6, 6.07) is 3.34. The number of aromatic nitrogens is 1. The van der Waals surface area contributed by atoms with Crippen molar-refractivity contribution in [3.8, 4) is 0 Å². The summed E-state index contributed by atoms with van der Waals surface area (Å²) >= 11 is 0. The molecule has 22 heavy (non-hydrogen) atoms. The van der Waals surface area contributed by atoms with Gasteiger partial charge in [0.05, 0.1) is 26.0 Å². The lowest BCUT2D eigenvalue weighted by Gasteiger charge is -2.10. The Balaban J connectivity index is 1.77. The van der Waals surface area contributed by atoms with Gasteiger partial charge in [-0.05, 0) is 19.2 Å². The van der Waals surface area contributed by atoms with Crippen molar-refractivity contribution in [2.45, 2.75) is 12.6 Å². The normalized spacial score (nSPS) is 25.5. The van der Waals surface area contributed by atoms with Gasteiger partial charge in [0.25, 0.3) is 5.91 Å². The summed E-state index contributed by atoms with van der Waals surface area (Å²) in [6.07, 6.45) is 0. The van der Waals surface area contributed by atoms with Gasteiger partial charge in [0.1, 0.15) is 5.69 Å². The molecule has 1 amide bonds. The molecule has 2 fully saturated rings. The topological polar surface area (TPSA) is 89.6 Å². The molecule has 118 valence electrons. The molecule has 1 saturated carbocycles. The highest BCUT2D eigenvalue weighted by atomic mass is 16.5. The maximum Gasteiger partial charge on any atom is 0.356 e. The highest BCUT2D eigenvalue weighted by molar-refractivity contribution is 5.97. The minimum Gasteiger partial charge on any atom is -0.464 e.